The molecule has 5 atom stereocenters. The molecule has 1 unspecified atom stereocenters. The normalized spacial score (nSPS) is 16.2. The van der Waals surface area contributed by atoms with Crippen molar-refractivity contribution in [3.63, 3.8) is 0 Å². The first kappa shape index (κ1) is 65.8. The Morgan fingerprint density at radius 2 is 1.02 bits per heavy atom. The highest BCUT2D eigenvalue weighted by molar-refractivity contribution is 6.74. The minimum atomic E-state index is -2.77. The van der Waals surface area contributed by atoms with Crippen molar-refractivity contribution in [1.82, 2.24) is 31.9 Å². The van der Waals surface area contributed by atoms with Crippen molar-refractivity contribution in [2.45, 2.75) is 141 Å². The van der Waals surface area contributed by atoms with E-state index < -0.39 is 80.3 Å². The SMILES string of the molecule is CC(C)(C)OC(=O)NCC(O)CNC(=O)[C@@H]1Cc2cc(ccc2OCc2ccccc2)-c2ccc(OCc3ccccc3)c(c2)C[C@H](NC(=O)OCc2ccccc2)C(=O)N[C@@H](C[C@H](CNC(=O)OCc2ccccc2)O[Si](C)(C)C(C)(C)C)C(=O)N1. The standard InChI is InChI=1S/C67H82N6O13Si/c1-66(2,3)85-64(79)69-39-53(74)38-68-60(75)55-35-51-33-49(29-31-58(51)81-41-45-21-13-9-14-22-45)50-30-32-59(82-42-46-23-15-10-16-24-46)52(34-50)36-56(73-65(80)84-44-48-27-19-12-20-28-48)61(76)72-57(62(77)71-55)37-54(86-87(7,8)67(4,5)6)40-70-63(78)83-43-47-25-17-11-18-26-47/h9-34,53-57,74H,35-44H2,1-8H3,(H,68,75)(H,69,79)(H,70,78)(H,71,77)(H,72,76)(H,73,80)/t53?,54-,55+,56+,57+/m1/s1. The number of nitrogens with one attached hydrogen (secondary N) is 6. The van der Waals surface area contributed by atoms with Crippen molar-refractivity contribution < 1.29 is 62.0 Å². The van der Waals surface area contributed by atoms with Gasteiger partial charge in [0.1, 0.15) is 61.7 Å². The van der Waals surface area contributed by atoms with Gasteiger partial charge in [0.25, 0.3) is 0 Å². The topological polar surface area (TPSA) is 250 Å². The number of carbonyl (C=O) groups excluding carboxylic acids is 6. The maximum Gasteiger partial charge on any atom is 0.408 e. The summed E-state index contributed by atoms with van der Waals surface area (Å²) in [6.45, 7) is 14.6. The summed E-state index contributed by atoms with van der Waals surface area (Å²) in [5.74, 6) is -1.55. The lowest BCUT2D eigenvalue weighted by atomic mass is 9.95. The van der Waals surface area contributed by atoms with Gasteiger partial charge in [-0.1, -0.05) is 154 Å². The molecule has 0 saturated carbocycles. The fraction of sp³-hybridized carbons (Fsp3) is 0.373. The number of fused-ring (bicyclic) bond motifs is 5. The molecule has 0 spiro atoms. The van der Waals surface area contributed by atoms with Crippen molar-refractivity contribution in [2.24, 2.45) is 0 Å². The van der Waals surface area contributed by atoms with Gasteiger partial charge in [0.2, 0.25) is 17.7 Å². The number of amides is 6. The molecule has 0 aromatic heterocycles. The minimum Gasteiger partial charge on any atom is -0.489 e. The number of carbonyl (C=O) groups is 6. The first-order valence-electron chi connectivity index (χ1n) is 29.2. The van der Waals surface area contributed by atoms with Gasteiger partial charge in [-0.25, -0.2) is 14.4 Å². The van der Waals surface area contributed by atoms with E-state index in [1.54, 1.807) is 45.0 Å². The fourth-order valence-electron chi connectivity index (χ4n) is 9.06. The number of ether oxygens (including phenoxy) is 5. The second-order valence-electron chi connectivity index (χ2n) is 23.9. The van der Waals surface area contributed by atoms with Crippen LogP contribution in [0.5, 0.6) is 11.5 Å². The number of rotatable bonds is 22. The third-order valence-corrected chi connectivity index (χ3v) is 19.2. The van der Waals surface area contributed by atoms with E-state index in [0.29, 0.717) is 39.3 Å². The van der Waals surface area contributed by atoms with Gasteiger partial charge in [-0.05, 0) is 108 Å². The molecule has 6 aromatic rings. The van der Waals surface area contributed by atoms with Crippen LogP contribution in [0.3, 0.4) is 0 Å². The van der Waals surface area contributed by atoms with E-state index in [9.17, 15) is 24.3 Å². The van der Waals surface area contributed by atoms with Crippen LogP contribution in [-0.2, 0) is 72.3 Å². The van der Waals surface area contributed by atoms with Crippen molar-refractivity contribution in [1.29, 1.82) is 0 Å². The van der Waals surface area contributed by atoms with Crippen molar-refractivity contribution in [2.75, 3.05) is 19.6 Å². The van der Waals surface area contributed by atoms with Gasteiger partial charge < -0.3 is 65.1 Å². The Morgan fingerprint density at radius 1 is 0.563 bits per heavy atom. The van der Waals surface area contributed by atoms with Crippen LogP contribution in [0.4, 0.5) is 14.4 Å². The Bertz CT molecular complexity index is 3230. The zero-order valence-electron chi connectivity index (χ0n) is 50.8. The largest absolute Gasteiger partial charge is 0.489 e. The van der Waals surface area contributed by atoms with Gasteiger partial charge in [0.15, 0.2) is 8.32 Å². The molecule has 20 heteroatoms. The summed E-state index contributed by atoms with van der Waals surface area (Å²) in [6.07, 6.45) is -5.30. The predicted molar refractivity (Wildman–Crippen MR) is 333 cm³/mol. The molecular weight excluding hydrogens is 1120 g/mol. The molecule has 0 fully saturated rings. The van der Waals surface area contributed by atoms with E-state index in [1.165, 1.54) is 0 Å². The molecule has 19 nitrogen and oxygen atoms in total. The number of hydrogen-bond acceptors (Lipinski definition) is 13. The lowest BCUT2D eigenvalue weighted by molar-refractivity contribution is -0.133. The summed E-state index contributed by atoms with van der Waals surface area (Å²) in [5, 5.41) is 27.4. The molecule has 6 amide bonds. The number of alkyl carbamates (subject to hydrolysis) is 3. The molecule has 1 heterocycles. The van der Waals surface area contributed by atoms with Crippen molar-refractivity contribution in [3.8, 4) is 22.6 Å². The van der Waals surface area contributed by atoms with E-state index in [0.717, 1.165) is 16.7 Å². The third kappa shape index (κ3) is 21.3. The van der Waals surface area contributed by atoms with Crippen LogP contribution < -0.4 is 41.4 Å². The molecule has 1 aliphatic rings. The van der Waals surface area contributed by atoms with E-state index in [4.69, 9.17) is 28.1 Å². The van der Waals surface area contributed by atoms with Crippen LogP contribution >= 0.6 is 0 Å². The smallest absolute Gasteiger partial charge is 0.408 e. The average Bonchev–Trinajstić information content (AvgIpc) is 2.23. The van der Waals surface area contributed by atoms with Gasteiger partial charge in [-0.15, -0.1) is 0 Å². The summed E-state index contributed by atoms with van der Waals surface area (Å²) in [4.78, 5) is 85.7. The second kappa shape index (κ2) is 31.1. The van der Waals surface area contributed by atoms with E-state index >= 15 is 9.59 Å². The first-order chi connectivity index (χ1) is 41.5. The summed E-state index contributed by atoms with van der Waals surface area (Å²) in [6, 6.07) is 43.9. The first-order valence-corrected chi connectivity index (χ1v) is 32.1. The Hall–Kier alpha value is -8.72. The number of aliphatic hydroxyl groups is 1. The maximum atomic E-state index is 15.5. The Balaban J connectivity index is 1.32. The molecule has 87 heavy (non-hydrogen) atoms. The molecule has 462 valence electrons. The molecule has 0 aliphatic carbocycles. The zero-order valence-corrected chi connectivity index (χ0v) is 51.8. The Kier molecular flexibility index (Phi) is 23.5. The number of benzene rings is 6. The average molecular weight is 1210 g/mol. The van der Waals surface area contributed by atoms with Crippen LogP contribution in [-0.4, -0.2) is 105 Å². The van der Waals surface area contributed by atoms with E-state index in [2.05, 4.69) is 31.9 Å². The number of aliphatic hydroxyl groups excluding tert-OH is 1. The zero-order chi connectivity index (χ0) is 62.6. The Labute approximate surface area is 510 Å². The maximum absolute atomic E-state index is 15.5. The fourth-order valence-corrected chi connectivity index (χ4v) is 10.4. The monoisotopic (exact) mass is 1210 g/mol. The van der Waals surface area contributed by atoms with Gasteiger partial charge in [-0.3, -0.25) is 14.4 Å². The van der Waals surface area contributed by atoms with E-state index in [1.807, 2.05) is 167 Å². The van der Waals surface area contributed by atoms with Crippen molar-refractivity contribution in [3.05, 3.63) is 191 Å². The van der Waals surface area contributed by atoms with Gasteiger partial charge in [0, 0.05) is 38.9 Å². The molecule has 0 saturated heterocycles. The summed E-state index contributed by atoms with van der Waals surface area (Å²) in [7, 11) is -2.77. The number of hydrogen-bond donors (Lipinski definition) is 7. The molecule has 7 rings (SSSR count). The van der Waals surface area contributed by atoms with E-state index in [-0.39, 0.29) is 70.4 Å². The van der Waals surface area contributed by atoms with Gasteiger partial charge >= 0.3 is 18.3 Å². The molecule has 0 radical (unpaired) electrons. The molecule has 4 bridgehead atoms. The summed E-state index contributed by atoms with van der Waals surface area (Å²) in [5.41, 5.74) is 4.79. The van der Waals surface area contributed by atoms with Gasteiger partial charge in [-0.2, -0.15) is 0 Å². The summed E-state index contributed by atoms with van der Waals surface area (Å²) >= 11 is 0. The highest BCUT2D eigenvalue weighted by Gasteiger charge is 2.41. The molecule has 7 N–H and O–H groups in total. The van der Waals surface area contributed by atoms with Crippen molar-refractivity contribution >= 4 is 44.3 Å². The minimum absolute atomic E-state index is 0.0196. The van der Waals surface area contributed by atoms with Crippen LogP contribution in [0.2, 0.25) is 18.1 Å². The lowest BCUT2D eigenvalue weighted by Crippen LogP contribution is -2.59. The lowest BCUT2D eigenvalue weighted by Gasteiger charge is -2.40. The van der Waals surface area contributed by atoms with Gasteiger partial charge in [0.05, 0.1) is 12.2 Å². The van der Waals surface area contributed by atoms with Crippen LogP contribution in [0.1, 0.15) is 81.3 Å². The molecular formula is C67H82N6O13Si. The summed E-state index contributed by atoms with van der Waals surface area (Å²) < 4.78 is 36.6. The predicted octanol–water partition coefficient (Wildman–Crippen LogP) is 9.58. The Morgan fingerprint density at radius 3 is 1.52 bits per heavy atom. The molecule has 1 aliphatic heterocycles. The quantitative estimate of drug-likeness (QED) is 0.0247. The van der Waals surface area contributed by atoms with Crippen LogP contribution in [0, 0.1) is 0 Å². The third-order valence-electron chi connectivity index (χ3n) is 14.7. The van der Waals surface area contributed by atoms with Crippen LogP contribution in [0.15, 0.2) is 158 Å². The second-order valence-corrected chi connectivity index (χ2v) is 28.7. The van der Waals surface area contributed by atoms with Crippen LogP contribution in [0.25, 0.3) is 11.1 Å². The highest BCUT2D eigenvalue weighted by Crippen LogP contribution is 2.38. The highest BCUT2D eigenvalue weighted by atomic mass is 28.4. The molecule has 6 aromatic carbocycles.